The quantitative estimate of drug-likeness (QED) is 0.810. The number of ether oxygens (including phenoxy) is 1. The summed E-state index contributed by atoms with van der Waals surface area (Å²) in [6.45, 7) is 3.38. The summed E-state index contributed by atoms with van der Waals surface area (Å²) in [5.74, 6) is -2.33. The molecule has 1 aromatic rings. The van der Waals surface area contributed by atoms with Crippen LogP contribution in [-0.2, 0) is 9.53 Å². The zero-order valence-electron chi connectivity index (χ0n) is 11.7. The minimum Gasteiger partial charge on any atom is -0.507 e. The number of esters is 1. The number of hydrogen-bond donors (Lipinski definition) is 2. The fourth-order valence-corrected chi connectivity index (χ4v) is 1.95. The second-order valence-electron chi connectivity index (χ2n) is 4.69. The molecule has 0 radical (unpaired) electrons. The maximum Gasteiger partial charge on any atom is 0.331 e. The number of hydrogen-bond acceptors (Lipinski definition) is 4. The van der Waals surface area contributed by atoms with E-state index in [0.717, 1.165) is 18.2 Å². The second-order valence-corrected chi connectivity index (χ2v) is 4.69. The summed E-state index contributed by atoms with van der Waals surface area (Å²) < 4.78 is 17.8. The molecule has 6 heteroatoms. The Balaban J connectivity index is 3.02. The molecule has 2 N–H and O–H groups in total. The van der Waals surface area contributed by atoms with Gasteiger partial charge in [-0.2, -0.15) is 0 Å². The fourth-order valence-electron chi connectivity index (χ4n) is 1.95. The number of benzene rings is 1. The number of aromatic hydroxyl groups is 1. The van der Waals surface area contributed by atoms with Crippen LogP contribution in [0.5, 0.6) is 5.75 Å². The number of phenolic OH excluding ortho intramolecular Hbond substituents is 1. The van der Waals surface area contributed by atoms with Gasteiger partial charge in [0.2, 0.25) is 0 Å². The minimum atomic E-state index is -1.22. The summed E-state index contributed by atoms with van der Waals surface area (Å²) in [5, 5.41) is 12.1. The number of rotatable bonds is 5. The third kappa shape index (κ3) is 3.46. The van der Waals surface area contributed by atoms with Crippen molar-refractivity contribution < 1.29 is 23.8 Å². The maximum absolute atomic E-state index is 13.1. The third-order valence-corrected chi connectivity index (χ3v) is 2.98. The molecule has 110 valence electrons. The molecule has 0 aliphatic heterocycles. The van der Waals surface area contributed by atoms with E-state index in [2.05, 4.69) is 10.1 Å². The predicted molar refractivity (Wildman–Crippen MR) is 70.9 cm³/mol. The van der Waals surface area contributed by atoms with Gasteiger partial charge in [-0.05, 0) is 31.5 Å². The van der Waals surface area contributed by atoms with Crippen LogP contribution < -0.4 is 5.32 Å². The Morgan fingerprint density at radius 1 is 1.45 bits per heavy atom. The first-order valence-corrected chi connectivity index (χ1v) is 6.23. The lowest BCUT2D eigenvalue weighted by Gasteiger charge is -2.27. The largest absolute Gasteiger partial charge is 0.507 e. The summed E-state index contributed by atoms with van der Waals surface area (Å²) in [7, 11) is 1.22. The van der Waals surface area contributed by atoms with Crippen LogP contribution in [0.3, 0.4) is 0 Å². The van der Waals surface area contributed by atoms with Crippen LogP contribution in [0, 0.1) is 5.82 Å². The van der Waals surface area contributed by atoms with Gasteiger partial charge >= 0.3 is 5.97 Å². The van der Waals surface area contributed by atoms with E-state index in [-0.39, 0.29) is 11.3 Å². The van der Waals surface area contributed by atoms with Gasteiger partial charge in [0.25, 0.3) is 5.91 Å². The van der Waals surface area contributed by atoms with Crippen molar-refractivity contribution in [3.63, 3.8) is 0 Å². The lowest BCUT2D eigenvalue weighted by molar-refractivity contribution is -0.147. The first-order valence-electron chi connectivity index (χ1n) is 6.23. The van der Waals surface area contributed by atoms with Crippen LogP contribution in [0.15, 0.2) is 18.2 Å². The molecule has 0 aliphatic rings. The number of nitrogens with one attached hydrogen (secondary N) is 1. The number of phenols is 1. The van der Waals surface area contributed by atoms with E-state index >= 15 is 0 Å². The van der Waals surface area contributed by atoms with E-state index in [0.29, 0.717) is 12.8 Å². The van der Waals surface area contributed by atoms with Crippen molar-refractivity contribution in [3.8, 4) is 5.75 Å². The van der Waals surface area contributed by atoms with Gasteiger partial charge in [0.1, 0.15) is 17.1 Å². The van der Waals surface area contributed by atoms with E-state index in [9.17, 15) is 19.1 Å². The number of amides is 1. The molecular weight excluding hydrogens is 265 g/mol. The molecule has 0 saturated carbocycles. The van der Waals surface area contributed by atoms with Crippen molar-refractivity contribution in [1.82, 2.24) is 5.32 Å². The van der Waals surface area contributed by atoms with E-state index < -0.39 is 23.2 Å². The molecule has 0 spiro atoms. The van der Waals surface area contributed by atoms with Crippen molar-refractivity contribution in [2.45, 2.75) is 32.2 Å². The summed E-state index contributed by atoms with van der Waals surface area (Å²) in [6.07, 6.45) is 1.00. The van der Waals surface area contributed by atoms with E-state index in [1.165, 1.54) is 14.0 Å². The second kappa shape index (κ2) is 6.36. The Hall–Kier alpha value is -2.11. The third-order valence-electron chi connectivity index (χ3n) is 2.98. The first kappa shape index (κ1) is 15.9. The topological polar surface area (TPSA) is 75.6 Å². The van der Waals surface area contributed by atoms with Crippen molar-refractivity contribution >= 4 is 11.9 Å². The lowest BCUT2D eigenvalue weighted by Crippen LogP contribution is -2.52. The highest BCUT2D eigenvalue weighted by molar-refractivity contribution is 6.00. The average Bonchev–Trinajstić information content (AvgIpc) is 2.40. The Morgan fingerprint density at radius 3 is 2.65 bits per heavy atom. The molecule has 0 heterocycles. The summed E-state index contributed by atoms with van der Waals surface area (Å²) in [6, 6.07) is 3.03. The molecule has 0 aliphatic carbocycles. The number of methoxy groups -OCH3 is 1. The monoisotopic (exact) mass is 283 g/mol. The van der Waals surface area contributed by atoms with Crippen LogP contribution in [0.2, 0.25) is 0 Å². The number of carbonyl (C=O) groups excluding carboxylic acids is 2. The van der Waals surface area contributed by atoms with E-state index in [1.54, 1.807) is 0 Å². The summed E-state index contributed by atoms with van der Waals surface area (Å²) in [4.78, 5) is 23.9. The van der Waals surface area contributed by atoms with Gasteiger partial charge in [-0.25, -0.2) is 9.18 Å². The minimum absolute atomic E-state index is 0.226. The smallest absolute Gasteiger partial charge is 0.331 e. The SMILES string of the molecule is CCCC(C)(NC(=O)c1cc(F)ccc1O)C(=O)OC. The zero-order valence-corrected chi connectivity index (χ0v) is 11.7. The van der Waals surface area contributed by atoms with Crippen LogP contribution in [-0.4, -0.2) is 29.6 Å². The molecule has 1 unspecified atom stereocenters. The Bertz CT molecular complexity index is 518. The molecule has 1 amide bonds. The van der Waals surface area contributed by atoms with Gasteiger partial charge in [-0.3, -0.25) is 4.79 Å². The van der Waals surface area contributed by atoms with Crippen LogP contribution in [0.1, 0.15) is 37.0 Å². The average molecular weight is 283 g/mol. The first-order chi connectivity index (χ1) is 9.34. The van der Waals surface area contributed by atoms with E-state index in [4.69, 9.17) is 0 Å². The molecule has 0 fully saturated rings. The molecule has 1 aromatic carbocycles. The number of halogens is 1. The molecule has 20 heavy (non-hydrogen) atoms. The molecule has 0 bridgehead atoms. The van der Waals surface area contributed by atoms with Crippen molar-refractivity contribution in [2.75, 3.05) is 7.11 Å². The molecule has 0 saturated heterocycles. The fraction of sp³-hybridized carbons (Fsp3) is 0.429. The highest BCUT2D eigenvalue weighted by Gasteiger charge is 2.35. The number of carbonyl (C=O) groups is 2. The van der Waals surface area contributed by atoms with Gasteiger partial charge < -0.3 is 15.2 Å². The van der Waals surface area contributed by atoms with Crippen molar-refractivity contribution in [2.24, 2.45) is 0 Å². The highest BCUT2D eigenvalue weighted by Crippen LogP contribution is 2.21. The zero-order chi connectivity index (χ0) is 15.3. The van der Waals surface area contributed by atoms with Crippen LogP contribution in [0.25, 0.3) is 0 Å². The Kier molecular flexibility index (Phi) is 5.07. The maximum atomic E-state index is 13.1. The molecule has 1 rings (SSSR count). The molecule has 5 nitrogen and oxygen atoms in total. The van der Waals surface area contributed by atoms with Gasteiger partial charge in [0.15, 0.2) is 0 Å². The lowest BCUT2D eigenvalue weighted by atomic mass is 9.95. The van der Waals surface area contributed by atoms with Crippen molar-refractivity contribution in [1.29, 1.82) is 0 Å². The Labute approximate surface area is 116 Å². The van der Waals surface area contributed by atoms with Crippen LogP contribution in [0.4, 0.5) is 4.39 Å². The molecular formula is C14H18FNO4. The highest BCUT2D eigenvalue weighted by atomic mass is 19.1. The molecule has 0 aromatic heterocycles. The van der Waals surface area contributed by atoms with Gasteiger partial charge in [-0.15, -0.1) is 0 Å². The predicted octanol–water partition coefficient (Wildman–Crippen LogP) is 1.99. The van der Waals surface area contributed by atoms with E-state index in [1.807, 2.05) is 6.92 Å². The Morgan fingerprint density at radius 2 is 2.10 bits per heavy atom. The standard InChI is InChI=1S/C14H18FNO4/c1-4-7-14(2,13(19)20-3)16-12(18)10-8-9(15)5-6-11(10)17/h5-6,8,17H,4,7H2,1-3H3,(H,16,18). The van der Waals surface area contributed by atoms with Gasteiger partial charge in [0.05, 0.1) is 12.7 Å². The normalized spacial score (nSPS) is 13.4. The van der Waals surface area contributed by atoms with Crippen LogP contribution >= 0.6 is 0 Å². The summed E-state index contributed by atoms with van der Waals surface area (Å²) >= 11 is 0. The van der Waals surface area contributed by atoms with Crippen molar-refractivity contribution in [3.05, 3.63) is 29.6 Å². The molecule has 1 atom stereocenters. The summed E-state index contributed by atoms with van der Waals surface area (Å²) in [5.41, 5.74) is -1.45. The van der Waals surface area contributed by atoms with Gasteiger partial charge in [-0.1, -0.05) is 13.3 Å². The van der Waals surface area contributed by atoms with Gasteiger partial charge in [0, 0.05) is 0 Å².